The zero-order valence-corrected chi connectivity index (χ0v) is 11.6. The van der Waals surface area contributed by atoms with Gasteiger partial charge in [0.2, 0.25) is 5.91 Å². The van der Waals surface area contributed by atoms with Gasteiger partial charge in [0.05, 0.1) is 11.3 Å². The van der Waals surface area contributed by atoms with Crippen molar-refractivity contribution in [3.8, 4) is 0 Å². The van der Waals surface area contributed by atoms with E-state index in [0.717, 1.165) is 19.3 Å². The van der Waals surface area contributed by atoms with E-state index in [1.807, 2.05) is 0 Å². The standard InChI is InChI=1S/C15H20N2O3/c1-17(13-8-3-2-7-12(13)15(19)20)14(18)10-5-4-6-11(16)9-10/h2-3,7-8,10-11H,4-6,9,16H2,1H3,(H,19,20). The molecule has 0 saturated heterocycles. The normalized spacial score (nSPS) is 22.3. The summed E-state index contributed by atoms with van der Waals surface area (Å²) >= 11 is 0. The van der Waals surface area contributed by atoms with Gasteiger partial charge >= 0.3 is 5.97 Å². The summed E-state index contributed by atoms with van der Waals surface area (Å²) in [6.45, 7) is 0. The fraction of sp³-hybridized carbons (Fsp3) is 0.467. The SMILES string of the molecule is CN(C(=O)C1CCCC(N)C1)c1ccccc1C(=O)O. The van der Waals surface area contributed by atoms with E-state index in [-0.39, 0.29) is 23.4 Å². The minimum Gasteiger partial charge on any atom is -0.478 e. The van der Waals surface area contributed by atoms with Gasteiger partial charge in [-0.15, -0.1) is 0 Å². The first kappa shape index (κ1) is 14.5. The maximum absolute atomic E-state index is 12.5. The summed E-state index contributed by atoms with van der Waals surface area (Å²) < 4.78 is 0. The van der Waals surface area contributed by atoms with Crippen LogP contribution < -0.4 is 10.6 Å². The number of nitrogens with two attached hydrogens (primary N) is 1. The Hall–Kier alpha value is -1.88. The second-order valence-corrected chi connectivity index (χ2v) is 5.34. The van der Waals surface area contributed by atoms with Gasteiger partial charge in [-0.1, -0.05) is 18.6 Å². The minimum absolute atomic E-state index is 0.0474. The van der Waals surface area contributed by atoms with Crippen LogP contribution in [0.15, 0.2) is 24.3 Å². The van der Waals surface area contributed by atoms with Crippen LogP contribution in [0.3, 0.4) is 0 Å². The van der Waals surface area contributed by atoms with Gasteiger partial charge in [-0.25, -0.2) is 4.79 Å². The van der Waals surface area contributed by atoms with E-state index in [2.05, 4.69) is 0 Å². The second-order valence-electron chi connectivity index (χ2n) is 5.34. The molecule has 2 atom stereocenters. The lowest BCUT2D eigenvalue weighted by Crippen LogP contribution is -2.39. The molecule has 0 bridgehead atoms. The van der Waals surface area contributed by atoms with E-state index in [0.29, 0.717) is 12.1 Å². The third-order valence-electron chi connectivity index (χ3n) is 3.89. The highest BCUT2D eigenvalue weighted by Crippen LogP contribution is 2.28. The van der Waals surface area contributed by atoms with Crippen LogP contribution in [0.5, 0.6) is 0 Å². The van der Waals surface area contributed by atoms with E-state index >= 15 is 0 Å². The number of hydrogen-bond acceptors (Lipinski definition) is 3. The first-order valence-electron chi connectivity index (χ1n) is 6.86. The number of hydrogen-bond donors (Lipinski definition) is 2. The van der Waals surface area contributed by atoms with Crippen LogP contribution in [0.4, 0.5) is 5.69 Å². The number of carboxylic acids is 1. The number of rotatable bonds is 3. The van der Waals surface area contributed by atoms with E-state index in [1.54, 1.807) is 25.2 Å². The van der Waals surface area contributed by atoms with Gasteiger partial charge in [-0.05, 0) is 31.4 Å². The molecule has 1 amide bonds. The zero-order chi connectivity index (χ0) is 14.7. The van der Waals surface area contributed by atoms with E-state index in [9.17, 15) is 14.7 Å². The third kappa shape index (κ3) is 2.99. The van der Waals surface area contributed by atoms with Crippen molar-refractivity contribution < 1.29 is 14.7 Å². The van der Waals surface area contributed by atoms with Crippen LogP contribution in [0, 0.1) is 5.92 Å². The van der Waals surface area contributed by atoms with Gasteiger partial charge in [-0.2, -0.15) is 0 Å². The first-order valence-corrected chi connectivity index (χ1v) is 6.86. The van der Waals surface area contributed by atoms with Crippen LogP contribution in [-0.4, -0.2) is 30.1 Å². The molecule has 0 radical (unpaired) electrons. The number of carbonyl (C=O) groups excluding carboxylic acids is 1. The van der Waals surface area contributed by atoms with Crippen LogP contribution in [0.25, 0.3) is 0 Å². The summed E-state index contributed by atoms with van der Waals surface area (Å²) in [6.07, 6.45) is 3.41. The molecule has 5 nitrogen and oxygen atoms in total. The zero-order valence-electron chi connectivity index (χ0n) is 11.6. The molecule has 1 aliphatic carbocycles. The smallest absolute Gasteiger partial charge is 0.337 e. The molecule has 1 aromatic carbocycles. The van der Waals surface area contributed by atoms with Crippen LogP contribution in [-0.2, 0) is 4.79 Å². The molecular formula is C15H20N2O3. The fourth-order valence-electron chi connectivity index (χ4n) is 2.79. The highest BCUT2D eigenvalue weighted by molar-refractivity contribution is 6.02. The molecule has 0 aromatic heterocycles. The van der Waals surface area contributed by atoms with Crippen molar-refractivity contribution in [2.45, 2.75) is 31.7 Å². The molecule has 0 heterocycles. The number of carbonyl (C=O) groups is 2. The Morgan fingerprint density at radius 1 is 1.30 bits per heavy atom. The van der Waals surface area contributed by atoms with Crippen molar-refractivity contribution in [2.75, 3.05) is 11.9 Å². The van der Waals surface area contributed by atoms with E-state index < -0.39 is 5.97 Å². The van der Waals surface area contributed by atoms with Gasteiger partial charge in [0.1, 0.15) is 0 Å². The lowest BCUT2D eigenvalue weighted by molar-refractivity contribution is -0.123. The van der Waals surface area contributed by atoms with E-state index in [4.69, 9.17) is 5.73 Å². The summed E-state index contributed by atoms with van der Waals surface area (Å²) in [7, 11) is 1.63. The molecule has 108 valence electrons. The summed E-state index contributed by atoms with van der Waals surface area (Å²) in [6, 6.07) is 6.62. The molecule has 2 rings (SSSR count). The Morgan fingerprint density at radius 2 is 2.00 bits per heavy atom. The molecule has 1 fully saturated rings. The van der Waals surface area contributed by atoms with Gasteiger partial charge in [0, 0.05) is 19.0 Å². The molecule has 1 saturated carbocycles. The number of amides is 1. The Morgan fingerprint density at radius 3 is 2.65 bits per heavy atom. The maximum atomic E-state index is 12.5. The topological polar surface area (TPSA) is 83.6 Å². The monoisotopic (exact) mass is 276 g/mol. The third-order valence-corrected chi connectivity index (χ3v) is 3.89. The molecule has 5 heteroatoms. The Labute approximate surface area is 118 Å². The number of aromatic carboxylic acids is 1. The van der Waals surface area contributed by atoms with Gasteiger partial charge in [-0.3, -0.25) is 4.79 Å². The maximum Gasteiger partial charge on any atom is 0.337 e. The molecule has 3 N–H and O–H groups in total. The largest absolute Gasteiger partial charge is 0.478 e. The first-order chi connectivity index (χ1) is 9.50. The summed E-state index contributed by atoms with van der Waals surface area (Å²) in [5.74, 6) is -1.18. The van der Waals surface area contributed by atoms with Crippen LogP contribution in [0.1, 0.15) is 36.0 Å². The molecular weight excluding hydrogens is 256 g/mol. The molecule has 2 unspecified atom stereocenters. The Bertz CT molecular complexity index is 516. The molecule has 20 heavy (non-hydrogen) atoms. The average Bonchev–Trinajstić information content (AvgIpc) is 2.45. The predicted octanol–water partition coefficient (Wildman–Crippen LogP) is 1.87. The molecule has 1 aromatic rings. The Kier molecular flexibility index (Phi) is 4.39. The van der Waals surface area contributed by atoms with Gasteiger partial charge in [0.15, 0.2) is 0 Å². The number of anilines is 1. The molecule has 0 spiro atoms. The number of carboxylic acid groups (broad SMARTS) is 1. The van der Waals surface area contributed by atoms with Crippen molar-refractivity contribution >= 4 is 17.6 Å². The predicted molar refractivity (Wildman–Crippen MR) is 76.7 cm³/mol. The lowest BCUT2D eigenvalue weighted by Gasteiger charge is -2.30. The average molecular weight is 276 g/mol. The number of benzene rings is 1. The second kappa shape index (κ2) is 6.05. The minimum atomic E-state index is -1.03. The molecule has 0 aliphatic heterocycles. The quantitative estimate of drug-likeness (QED) is 0.882. The van der Waals surface area contributed by atoms with Gasteiger partial charge < -0.3 is 15.7 Å². The summed E-state index contributed by atoms with van der Waals surface area (Å²) in [5.41, 5.74) is 6.49. The van der Waals surface area contributed by atoms with Crippen molar-refractivity contribution in [1.82, 2.24) is 0 Å². The number of nitrogens with zero attached hydrogens (tertiary/aromatic N) is 1. The van der Waals surface area contributed by atoms with E-state index in [1.165, 1.54) is 11.0 Å². The van der Waals surface area contributed by atoms with Crippen LogP contribution in [0.2, 0.25) is 0 Å². The highest BCUT2D eigenvalue weighted by atomic mass is 16.4. The summed E-state index contributed by atoms with van der Waals surface area (Å²) in [4.78, 5) is 25.2. The van der Waals surface area contributed by atoms with Crippen molar-refractivity contribution in [1.29, 1.82) is 0 Å². The van der Waals surface area contributed by atoms with Crippen molar-refractivity contribution in [3.63, 3.8) is 0 Å². The number of para-hydroxylation sites is 1. The fourth-order valence-corrected chi connectivity index (χ4v) is 2.79. The van der Waals surface area contributed by atoms with Crippen molar-refractivity contribution in [3.05, 3.63) is 29.8 Å². The molecule has 1 aliphatic rings. The lowest BCUT2D eigenvalue weighted by atomic mass is 9.85. The van der Waals surface area contributed by atoms with Crippen LogP contribution >= 0.6 is 0 Å². The van der Waals surface area contributed by atoms with Crippen molar-refractivity contribution in [2.24, 2.45) is 11.7 Å². The van der Waals surface area contributed by atoms with Gasteiger partial charge in [0.25, 0.3) is 0 Å². The summed E-state index contributed by atoms with van der Waals surface area (Å²) in [5, 5.41) is 9.19. The Balaban J connectivity index is 2.20. The highest BCUT2D eigenvalue weighted by Gasteiger charge is 2.29.